The van der Waals surface area contributed by atoms with Crippen LogP contribution in [0.25, 0.3) is 0 Å². The van der Waals surface area contributed by atoms with Crippen LogP contribution >= 0.6 is 23.2 Å². The number of hydrogen-bond donors (Lipinski definition) is 1. The van der Waals surface area contributed by atoms with Crippen molar-refractivity contribution < 1.29 is 4.79 Å². The highest BCUT2D eigenvalue weighted by molar-refractivity contribution is 6.42. The fourth-order valence-electron chi connectivity index (χ4n) is 1.65. The Morgan fingerprint density at radius 3 is 2.29 bits per heavy atom. The summed E-state index contributed by atoms with van der Waals surface area (Å²) in [7, 11) is 0. The molecule has 1 aromatic rings. The molecule has 0 bridgehead atoms. The van der Waals surface area contributed by atoms with Crippen molar-refractivity contribution in [1.29, 1.82) is 0 Å². The second kappa shape index (κ2) is 5.38. The number of ketones is 1. The SMILES string of the molecule is CC(C)(C)C(=O)[C@H](CN)c1ccc(Cl)c(Cl)c1. The van der Waals surface area contributed by atoms with Crippen LogP contribution in [0.5, 0.6) is 0 Å². The minimum Gasteiger partial charge on any atom is -0.329 e. The predicted molar refractivity (Wildman–Crippen MR) is 72.7 cm³/mol. The molecule has 1 atom stereocenters. The van der Waals surface area contributed by atoms with Gasteiger partial charge < -0.3 is 5.73 Å². The minimum atomic E-state index is -0.420. The maximum absolute atomic E-state index is 12.2. The van der Waals surface area contributed by atoms with Crippen molar-refractivity contribution in [3.8, 4) is 0 Å². The number of carbonyl (C=O) groups is 1. The molecule has 0 aromatic heterocycles. The first-order valence-corrected chi connectivity index (χ1v) is 6.22. The van der Waals surface area contributed by atoms with E-state index in [0.717, 1.165) is 5.56 Å². The summed E-state index contributed by atoms with van der Waals surface area (Å²) in [6.45, 7) is 5.93. The summed E-state index contributed by atoms with van der Waals surface area (Å²) in [5.74, 6) is -0.219. The summed E-state index contributed by atoms with van der Waals surface area (Å²) < 4.78 is 0. The van der Waals surface area contributed by atoms with Crippen LogP contribution in [-0.4, -0.2) is 12.3 Å². The van der Waals surface area contributed by atoms with Gasteiger partial charge in [0, 0.05) is 12.0 Å². The third-order valence-corrected chi connectivity index (χ3v) is 3.38. The molecule has 1 aromatic carbocycles. The molecule has 0 heterocycles. The fourth-order valence-corrected chi connectivity index (χ4v) is 1.95. The summed E-state index contributed by atoms with van der Waals surface area (Å²) in [4.78, 5) is 12.2. The van der Waals surface area contributed by atoms with E-state index in [-0.39, 0.29) is 18.2 Å². The van der Waals surface area contributed by atoms with Crippen LogP contribution in [0.15, 0.2) is 18.2 Å². The Bertz CT molecular complexity index is 424. The molecule has 0 spiro atoms. The van der Waals surface area contributed by atoms with Crippen molar-refractivity contribution in [1.82, 2.24) is 0 Å². The number of carbonyl (C=O) groups excluding carboxylic acids is 1. The van der Waals surface area contributed by atoms with Crippen LogP contribution in [-0.2, 0) is 4.79 Å². The molecule has 0 amide bonds. The standard InChI is InChI=1S/C13H17Cl2NO/c1-13(2,3)12(17)9(7-16)8-4-5-10(14)11(15)6-8/h4-6,9H,7,16H2,1-3H3/t9-/m1/s1. The predicted octanol–water partition coefficient (Wildman–Crippen LogP) is 3.65. The zero-order valence-electron chi connectivity index (χ0n) is 10.3. The Morgan fingerprint density at radius 2 is 1.88 bits per heavy atom. The molecule has 0 radical (unpaired) electrons. The highest BCUT2D eigenvalue weighted by Gasteiger charge is 2.29. The molecule has 0 aliphatic rings. The number of halogens is 2. The van der Waals surface area contributed by atoms with Gasteiger partial charge in [-0.3, -0.25) is 4.79 Å². The average molecular weight is 274 g/mol. The summed E-state index contributed by atoms with van der Waals surface area (Å²) in [6, 6.07) is 5.21. The molecule has 2 nitrogen and oxygen atoms in total. The van der Waals surface area contributed by atoms with Crippen LogP contribution < -0.4 is 5.73 Å². The fraction of sp³-hybridized carbons (Fsp3) is 0.462. The second-order valence-corrected chi connectivity index (χ2v) is 5.89. The Labute approximate surface area is 112 Å². The summed E-state index contributed by atoms with van der Waals surface area (Å²) >= 11 is 11.8. The average Bonchev–Trinajstić information content (AvgIpc) is 2.23. The van der Waals surface area contributed by atoms with E-state index in [9.17, 15) is 4.79 Å². The van der Waals surface area contributed by atoms with Crippen LogP contribution in [0, 0.1) is 5.41 Å². The largest absolute Gasteiger partial charge is 0.329 e. The molecule has 1 rings (SSSR count). The molecule has 0 saturated carbocycles. The number of Topliss-reactive ketones (excluding diaryl/α,β-unsaturated/α-hetero) is 1. The number of rotatable bonds is 3. The molecular weight excluding hydrogens is 257 g/mol. The van der Waals surface area contributed by atoms with Crippen LogP contribution in [0.3, 0.4) is 0 Å². The van der Waals surface area contributed by atoms with Gasteiger partial charge >= 0.3 is 0 Å². The van der Waals surface area contributed by atoms with Crippen molar-refractivity contribution in [2.24, 2.45) is 11.1 Å². The maximum Gasteiger partial charge on any atom is 0.146 e. The van der Waals surface area contributed by atoms with Gasteiger partial charge in [-0.15, -0.1) is 0 Å². The lowest BCUT2D eigenvalue weighted by molar-refractivity contribution is -0.127. The third-order valence-electron chi connectivity index (χ3n) is 2.64. The molecule has 0 aliphatic carbocycles. The Kier molecular flexibility index (Phi) is 4.59. The van der Waals surface area contributed by atoms with Crippen LogP contribution in [0.2, 0.25) is 10.0 Å². The zero-order valence-corrected chi connectivity index (χ0v) is 11.8. The lowest BCUT2D eigenvalue weighted by Gasteiger charge is -2.24. The van der Waals surface area contributed by atoms with Crippen molar-refractivity contribution in [3.05, 3.63) is 33.8 Å². The lowest BCUT2D eigenvalue weighted by Crippen LogP contribution is -2.31. The molecule has 0 saturated heterocycles. The van der Waals surface area contributed by atoms with Crippen molar-refractivity contribution in [3.63, 3.8) is 0 Å². The zero-order chi connectivity index (χ0) is 13.2. The van der Waals surface area contributed by atoms with E-state index >= 15 is 0 Å². The van der Waals surface area contributed by atoms with Gasteiger partial charge in [-0.1, -0.05) is 50.0 Å². The van der Waals surface area contributed by atoms with E-state index in [4.69, 9.17) is 28.9 Å². The smallest absolute Gasteiger partial charge is 0.146 e. The highest BCUT2D eigenvalue weighted by Crippen LogP contribution is 2.30. The lowest BCUT2D eigenvalue weighted by atomic mass is 9.80. The van der Waals surface area contributed by atoms with Gasteiger partial charge in [-0.05, 0) is 17.7 Å². The normalized spacial score (nSPS) is 13.5. The summed E-state index contributed by atoms with van der Waals surface area (Å²) in [6.07, 6.45) is 0. The minimum absolute atomic E-state index is 0.110. The van der Waals surface area contributed by atoms with Gasteiger partial charge in [0.2, 0.25) is 0 Å². The van der Waals surface area contributed by atoms with E-state index in [1.165, 1.54) is 0 Å². The molecule has 0 unspecified atom stereocenters. The van der Waals surface area contributed by atoms with Gasteiger partial charge in [0.1, 0.15) is 5.78 Å². The molecule has 0 aliphatic heterocycles. The molecular formula is C13H17Cl2NO. The number of nitrogens with two attached hydrogens (primary N) is 1. The summed E-state index contributed by atoms with van der Waals surface area (Å²) in [5.41, 5.74) is 6.09. The van der Waals surface area contributed by atoms with Crippen molar-refractivity contribution in [2.75, 3.05) is 6.54 Å². The first-order valence-electron chi connectivity index (χ1n) is 5.46. The van der Waals surface area contributed by atoms with Crippen LogP contribution in [0.4, 0.5) is 0 Å². The van der Waals surface area contributed by atoms with Crippen molar-refractivity contribution in [2.45, 2.75) is 26.7 Å². The Balaban J connectivity index is 3.10. The molecule has 17 heavy (non-hydrogen) atoms. The number of benzene rings is 1. The topological polar surface area (TPSA) is 43.1 Å². The van der Waals surface area contributed by atoms with E-state index < -0.39 is 5.41 Å². The van der Waals surface area contributed by atoms with E-state index in [1.54, 1.807) is 18.2 Å². The van der Waals surface area contributed by atoms with Crippen molar-refractivity contribution >= 4 is 29.0 Å². The monoisotopic (exact) mass is 273 g/mol. The van der Waals surface area contributed by atoms with E-state index in [1.807, 2.05) is 20.8 Å². The first-order chi connectivity index (χ1) is 7.77. The van der Waals surface area contributed by atoms with E-state index in [0.29, 0.717) is 10.0 Å². The summed E-state index contributed by atoms with van der Waals surface area (Å²) in [5, 5.41) is 0.929. The molecule has 0 fully saturated rings. The Morgan fingerprint density at radius 1 is 1.29 bits per heavy atom. The number of hydrogen-bond acceptors (Lipinski definition) is 2. The van der Waals surface area contributed by atoms with Gasteiger partial charge in [0.05, 0.1) is 16.0 Å². The molecule has 2 N–H and O–H groups in total. The van der Waals surface area contributed by atoms with Gasteiger partial charge in [-0.2, -0.15) is 0 Å². The van der Waals surface area contributed by atoms with Crippen LogP contribution in [0.1, 0.15) is 32.3 Å². The quantitative estimate of drug-likeness (QED) is 0.914. The second-order valence-electron chi connectivity index (χ2n) is 5.08. The van der Waals surface area contributed by atoms with E-state index in [2.05, 4.69) is 0 Å². The van der Waals surface area contributed by atoms with Gasteiger partial charge in [0.15, 0.2) is 0 Å². The Hall–Kier alpha value is -0.570. The van der Waals surface area contributed by atoms with Gasteiger partial charge in [0.25, 0.3) is 0 Å². The first kappa shape index (κ1) is 14.5. The molecule has 4 heteroatoms. The molecule has 94 valence electrons. The van der Waals surface area contributed by atoms with Gasteiger partial charge in [-0.25, -0.2) is 0 Å². The third kappa shape index (κ3) is 3.44. The maximum atomic E-state index is 12.2. The highest BCUT2D eigenvalue weighted by atomic mass is 35.5.